The first-order chi connectivity index (χ1) is 11.5. The lowest BCUT2D eigenvalue weighted by molar-refractivity contribution is 0.0954. The Morgan fingerprint density at radius 1 is 1.08 bits per heavy atom. The molecule has 0 bridgehead atoms. The second-order valence-electron chi connectivity index (χ2n) is 6.32. The van der Waals surface area contributed by atoms with Gasteiger partial charge in [-0.1, -0.05) is 6.07 Å². The highest BCUT2D eigenvalue weighted by atomic mass is 16.1. The van der Waals surface area contributed by atoms with E-state index in [4.69, 9.17) is 0 Å². The van der Waals surface area contributed by atoms with E-state index >= 15 is 0 Å². The fraction of sp³-hybridized carbons (Fsp3) is 0.250. The van der Waals surface area contributed by atoms with Crippen LogP contribution in [0.4, 0.5) is 5.69 Å². The second kappa shape index (κ2) is 6.79. The molecule has 0 saturated carbocycles. The predicted molar refractivity (Wildman–Crippen MR) is 99.8 cm³/mol. The molecule has 4 nitrogen and oxygen atoms in total. The molecule has 0 radical (unpaired) electrons. The lowest BCUT2D eigenvalue weighted by Gasteiger charge is -2.12. The number of rotatable bonds is 5. The highest BCUT2D eigenvalue weighted by Crippen LogP contribution is 2.17. The van der Waals surface area contributed by atoms with Crippen molar-refractivity contribution in [3.8, 4) is 0 Å². The van der Waals surface area contributed by atoms with Crippen LogP contribution in [0.15, 0.2) is 48.5 Å². The van der Waals surface area contributed by atoms with E-state index in [1.807, 2.05) is 43.3 Å². The van der Waals surface area contributed by atoms with E-state index in [1.165, 1.54) is 10.9 Å². The van der Waals surface area contributed by atoms with Gasteiger partial charge in [-0.25, -0.2) is 0 Å². The largest absolute Gasteiger partial charge is 0.378 e. The molecule has 1 aromatic heterocycles. The molecule has 0 saturated heterocycles. The zero-order valence-electron chi connectivity index (χ0n) is 14.4. The van der Waals surface area contributed by atoms with Gasteiger partial charge in [0.05, 0.1) is 0 Å². The molecule has 2 N–H and O–H groups in total. The Hall–Kier alpha value is -2.75. The molecule has 24 heavy (non-hydrogen) atoms. The molecule has 0 aliphatic rings. The van der Waals surface area contributed by atoms with Crippen LogP contribution in [0.2, 0.25) is 0 Å². The minimum Gasteiger partial charge on any atom is -0.378 e. The van der Waals surface area contributed by atoms with Crippen molar-refractivity contribution in [3.63, 3.8) is 0 Å². The predicted octanol–water partition coefficient (Wildman–Crippen LogP) is 3.51. The van der Waals surface area contributed by atoms with Crippen LogP contribution >= 0.6 is 0 Å². The number of anilines is 1. The molecule has 0 spiro atoms. The quantitative estimate of drug-likeness (QED) is 0.755. The molecule has 2 aromatic carbocycles. The van der Waals surface area contributed by atoms with Crippen molar-refractivity contribution >= 4 is 22.5 Å². The Balaban J connectivity index is 1.57. The molecular formula is C20H23N3O. The van der Waals surface area contributed by atoms with Crippen LogP contribution in [0.3, 0.4) is 0 Å². The van der Waals surface area contributed by atoms with Crippen LogP contribution < -0.4 is 10.2 Å². The SMILES string of the molecule is Cc1cc2cc(CCNC(=O)c3ccc(N(C)C)cc3)ccc2[nH]1. The van der Waals surface area contributed by atoms with Gasteiger partial charge in [0.1, 0.15) is 0 Å². The highest BCUT2D eigenvalue weighted by Gasteiger charge is 2.06. The Kier molecular flexibility index (Phi) is 4.56. The molecule has 0 aliphatic heterocycles. The molecule has 0 unspecified atom stereocenters. The monoisotopic (exact) mass is 321 g/mol. The van der Waals surface area contributed by atoms with Gasteiger partial charge in [0.15, 0.2) is 0 Å². The van der Waals surface area contributed by atoms with E-state index in [1.54, 1.807) is 0 Å². The Morgan fingerprint density at radius 2 is 1.83 bits per heavy atom. The van der Waals surface area contributed by atoms with Gasteiger partial charge in [0.25, 0.3) is 5.91 Å². The number of carbonyl (C=O) groups is 1. The average Bonchev–Trinajstić information content (AvgIpc) is 2.94. The van der Waals surface area contributed by atoms with Crippen molar-refractivity contribution in [2.75, 3.05) is 25.5 Å². The zero-order valence-corrected chi connectivity index (χ0v) is 14.4. The standard InChI is InChI=1S/C20H23N3O/c1-14-12-17-13-15(4-9-19(17)22-14)10-11-21-20(24)16-5-7-18(8-6-16)23(2)3/h4-9,12-13,22H,10-11H2,1-3H3,(H,21,24). The number of aromatic nitrogens is 1. The molecule has 0 atom stereocenters. The first-order valence-corrected chi connectivity index (χ1v) is 8.17. The summed E-state index contributed by atoms with van der Waals surface area (Å²) in [5.74, 6) is -0.0288. The van der Waals surface area contributed by atoms with Gasteiger partial charge in [-0.15, -0.1) is 0 Å². The molecule has 3 aromatic rings. The van der Waals surface area contributed by atoms with Crippen molar-refractivity contribution in [1.82, 2.24) is 10.3 Å². The van der Waals surface area contributed by atoms with Gasteiger partial charge in [-0.3, -0.25) is 4.79 Å². The molecule has 3 rings (SSSR count). The minimum absolute atomic E-state index is 0.0288. The average molecular weight is 321 g/mol. The van der Waals surface area contributed by atoms with Gasteiger partial charge in [-0.2, -0.15) is 0 Å². The molecule has 0 aliphatic carbocycles. The van der Waals surface area contributed by atoms with E-state index in [-0.39, 0.29) is 5.91 Å². The smallest absolute Gasteiger partial charge is 0.251 e. The summed E-state index contributed by atoms with van der Waals surface area (Å²) >= 11 is 0. The van der Waals surface area contributed by atoms with Gasteiger partial charge < -0.3 is 15.2 Å². The topological polar surface area (TPSA) is 48.1 Å². The van der Waals surface area contributed by atoms with Gasteiger partial charge in [-0.05, 0) is 66.8 Å². The first-order valence-electron chi connectivity index (χ1n) is 8.17. The lowest BCUT2D eigenvalue weighted by Crippen LogP contribution is -2.25. The van der Waals surface area contributed by atoms with E-state index in [2.05, 4.69) is 41.5 Å². The van der Waals surface area contributed by atoms with Crippen LogP contribution in [0.25, 0.3) is 10.9 Å². The summed E-state index contributed by atoms with van der Waals surface area (Å²) in [4.78, 5) is 17.5. The third-order valence-corrected chi connectivity index (χ3v) is 4.16. The molecule has 4 heteroatoms. The summed E-state index contributed by atoms with van der Waals surface area (Å²) in [5.41, 5.74) is 5.32. The van der Waals surface area contributed by atoms with E-state index < -0.39 is 0 Å². The summed E-state index contributed by atoms with van der Waals surface area (Å²) in [7, 11) is 3.97. The van der Waals surface area contributed by atoms with Crippen LogP contribution in [0.5, 0.6) is 0 Å². The number of H-pyrrole nitrogens is 1. The minimum atomic E-state index is -0.0288. The second-order valence-corrected chi connectivity index (χ2v) is 6.32. The summed E-state index contributed by atoms with van der Waals surface area (Å²) in [5, 5.41) is 4.21. The number of amides is 1. The number of aromatic amines is 1. The van der Waals surface area contributed by atoms with Gasteiger partial charge in [0.2, 0.25) is 0 Å². The van der Waals surface area contributed by atoms with Crippen LogP contribution in [0.1, 0.15) is 21.6 Å². The molecule has 1 amide bonds. The normalized spacial score (nSPS) is 10.8. The maximum absolute atomic E-state index is 12.2. The van der Waals surface area contributed by atoms with Crippen molar-refractivity contribution in [3.05, 3.63) is 65.4 Å². The Labute approximate surface area is 142 Å². The number of carbonyl (C=O) groups excluding carboxylic acids is 1. The Bertz CT molecular complexity index is 847. The number of fused-ring (bicyclic) bond motifs is 1. The maximum atomic E-state index is 12.2. The highest BCUT2D eigenvalue weighted by molar-refractivity contribution is 5.94. The first kappa shape index (κ1) is 16.1. The van der Waals surface area contributed by atoms with Crippen molar-refractivity contribution < 1.29 is 4.79 Å². The number of nitrogens with one attached hydrogen (secondary N) is 2. The fourth-order valence-corrected chi connectivity index (χ4v) is 2.82. The third kappa shape index (κ3) is 3.59. The van der Waals surface area contributed by atoms with Gasteiger partial charge in [0, 0.05) is 43.1 Å². The number of aryl methyl sites for hydroxylation is 1. The Morgan fingerprint density at radius 3 is 2.54 bits per heavy atom. The van der Waals surface area contributed by atoms with E-state index in [0.29, 0.717) is 12.1 Å². The maximum Gasteiger partial charge on any atom is 0.251 e. The summed E-state index contributed by atoms with van der Waals surface area (Å²) in [6, 6.07) is 16.2. The van der Waals surface area contributed by atoms with Crippen LogP contribution in [-0.4, -0.2) is 31.5 Å². The van der Waals surface area contributed by atoms with Crippen molar-refractivity contribution in [2.45, 2.75) is 13.3 Å². The fourth-order valence-electron chi connectivity index (χ4n) is 2.82. The number of hydrogen-bond donors (Lipinski definition) is 2. The number of hydrogen-bond acceptors (Lipinski definition) is 2. The number of nitrogens with zero attached hydrogens (tertiary/aromatic N) is 1. The molecular weight excluding hydrogens is 298 g/mol. The van der Waals surface area contributed by atoms with Crippen molar-refractivity contribution in [1.29, 1.82) is 0 Å². The lowest BCUT2D eigenvalue weighted by atomic mass is 10.1. The van der Waals surface area contributed by atoms with Crippen LogP contribution in [-0.2, 0) is 6.42 Å². The van der Waals surface area contributed by atoms with Crippen molar-refractivity contribution in [2.24, 2.45) is 0 Å². The van der Waals surface area contributed by atoms with Crippen LogP contribution in [0, 0.1) is 6.92 Å². The number of benzene rings is 2. The summed E-state index contributed by atoms with van der Waals surface area (Å²) < 4.78 is 0. The zero-order chi connectivity index (χ0) is 17.1. The summed E-state index contributed by atoms with van der Waals surface area (Å²) in [6.07, 6.45) is 0.821. The van der Waals surface area contributed by atoms with E-state index in [0.717, 1.165) is 23.3 Å². The molecule has 1 heterocycles. The van der Waals surface area contributed by atoms with E-state index in [9.17, 15) is 4.79 Å². The molecule has 124 valence electrons. The molecule has 0 fully saturated rings. The van der Waals surface area contributed by atoms with Gasteiger partial charge >= 0.3 is 0 Å². The third-order valence-electron chi connectivity index (χ3n) is 4.16. The summed E-state index contributed by atoms with van der Waals surface area (Å²) in [6.45, 7) is 2.69.